The second kappa shape index (κ2) is 7.35. The smallest absolute Gasteiger partial charge is 0.297 e. The summed E-state index contributed by atoms with van der Waals surface area (Å²) in [5, 5.41) is 9.31. The monoisotopic (exact) mass is 353 g/mol. The zero-order chi connectivity index (χ0) is 18.6. The van der Waals surface area contributed by atoms with Gasteiger partial charge in [0.2, 0.25) is 0 Å². The molecular formula is C23H19N3O. The fourth-order valence-electron chi connectivity index (χ4n) is 3.25. The van der Waals surface area contributed by atoms with Crippen LogP contribution in [-0.2, 0) is 6.54 Å². The maximum atomic E-state index is 9.31. The van der Waals surface area contributed by atoms with Crippen LogP contribution in [0.3, 0.4) is 0 Å². The number of hydrogen-bond acceptors (Lipinski definition) is 3. The first-order valence-corrected chi connectivity index (χ1v) is 8.96. The van der Waals surface area contributed by atoms with Gasteiger partial charge < -0.3 is 4.74 Å². The van der Waals surface area contributed by atoms with Gasteiger partial charge in [0.1, 0.15) is 0 Å². The van der Waals surface area contributed by atoms with Gasteiger partial charge in [-0.2, -0.15) is 10.2 Å². The minimum Gasteiger partial charge on any atom is -0.465 e. The number of para-hydroxylation sites is 2. The molecule has 0 aliphatic carbocycles. The first-order chi connectivity index (χ1) is 13.3. The van der Waals surface area contributed by atoms with Gasteiger partial charge in [0.25, 0.3) is 6.01 Å². The predicted molar refractivity (Wildman–Crippen MR) is 107 cm³/mol. The van der Waals surface area contributed by atoms with Crippen LogP contribution in [0.2, 0.25) is 0 Å². The molecule has 0 radical (unpaired) electrons. The molecule has 4 heteroatoms. The molecule has 0 unspecified atom stereocenters. The van der Waals surface area contributed by atoms with Gasteiger partial charge in [0, 0.05) is 0 Å². The minimum absolute atomic E-state index is 0.577. The van der Waals surface area contributed by atoms with Gasteiger partial charge in [-0.25, -0.2) is 0 Å². The number of benzene rings is 3. The SMILES string of the molecule is CCOc1nc2ccccc2n1Cc1ccc(-c2ccccc2C#N)cc1. The number of rotatable bonds is 5. The van der Waals surface area contributed by atoms with Crippen molar-refractivity contribution in [2.45, 2.75) is 13.5 Å². The van der Waals surface area contributed by atoms with E-state index in [1.54, 1.807) is 0 Å². The summed E-state index contributed by atoms with van der Waals surface area (Å²) in [5.74, 6) is 0. The lowest BCUT2D eigenvalue weighted by molar-refractivity contribution is 0.301. The summed E-state index contributed by atoms with van der Waals surface area (Å²) in [5.41, 5.74) is 5.81. The summed E-state index contributed by atoms with van der Waals surface area (Å²) in [7, 11) is 0. The van der Waals surface area contributed by atoms with Crippen LogP contribution in [0.4, 0.5) is 0 Å². The van der Waals surface area contributed by atoms with Gasteiger partial charge in [0.05, 0.1) is 35.8 Å². The Morgan fingerprint density at radius 2 is 1.70 bits per heavy atom. The Hall–Kier alpha value is -3.58. The number of hydrogen-bond donors (Lipinski definition) is 0. The van der Waals surface area contributed by atoms with E-state index < -0.39 is 0 Å². The van der Waals surface area contributed by atoms with E-state index in [-0.39, 0.29) is 0 Å². The number of imidazole rings is 1. The molecule has 4 aromatic rings. The van der Waals surface area contributed by atoms with E-state index in [0.29, 0.717) is 24.7 Å². The van der Waals surface area contributed by atoms with Crippen LogP contribution in [0.25, 0.3) is 22.2 Å². The number of nitriles is 1. The molecule has 0 saturated heterocycles. The Labute approximate surface area is 158 Å². The van der Waals surface area contributed by atoms with E-state index in [2.05, 4.69) is 46.0 Å². The fourth-order valence-corrected chi connectivity index (χ4v) is 3.25. The van der Waals surface area contributed by atoms with Crippen molar-refractivity contribution in [3.8, 4) is 23.2 Å². The molecule has 0 bridgehead atoms. The molecule has 3 aromatic carbocycles. The van der Waals surface area contributed by atoms with E-state index in [4.69, 9.17) is 4.74 Å². The molecule has 0 atom stereocenters. The second-order valence-electron chi connectivity index (χ2n) is 6.26. The van der Waals surface area contributed by atoms with Gasteiger partial charge in [-0.3, -0.25) is 4.57 Å². The van der Waals surface area contributed by atoms with E-state index in [0.717, 1.165) is 27.7 Å². The molecule has 1 aromatic heterocycles. The van der Waals surface area contributed by atoms with Crippen LogP contribution in [-0.4, -0.2) is 16.2 Å². The van der Waals surface area contributed by atoms with Crippen molar-refractivity contribution < 1.29 is 4.74 Å². The molecule has 0 spiro atoms. The summed E-state index contributed by atoms with van der Waals surface area (Å²) in [6.45, 7) is 3.22. The molecule has 0 aliphatic rings. The van der Waals surface area contributed by atoms with Crippen molar-refractivity contribution in [3.05, 3.63) is 83.9 Å². The largest absolute Gasteiger partial charge is 0.465 e. The average Bonchev–Trinajstić information content (AvgIpc) is 3.06. The first-order valence-electron chi connectivity index (χ1n) is 8.96. The van der Waals surface area contributed by atoms with Crippen LogP contribution in [0, 0.1) is 11.3 Å². The first kappa shape index (κ1) is 16.9. The molecule has 0 N–H and O–H groups in total. The van der Waals surface area contributed by atoms with Crippen molar-refractivity contribution in [3.63, 3.8) is 0 Å². The van der Waals surface area contributed by atoms with E-state index in [9.17, 15) is 5.26 Å². The van der Waals surface area contributed by atoms with Crippen LogP contribution in [0.15, 0.2) is 72.8 Å². The molecule has 1 heterocycles. The van der Waals surface area contributed by atoms with E-state index >= 15 is 0 Å². The Kier molecular flexibility index (Phi) is 4.59. The topological polar surface area (TPSA) is 50.8 Å². The zero-order valence-electron chi connectivity index (χ0n) is 15.1. The Balaban J connectivity index is 1.67. The normalized spacial score (nSPS) is 10.7. The summed E-state index contributed by atoms with van der Waals surface area (Å²) >= 11 is 0. The van der Waals surface area contributed by atoms with Crippen molar-refractivity contribution in [1.82, 2.24) is 9.55 Å². The molecule has 4 nitrogen and oxygen atoms in total. The maximum Gasteiger partial charge on any atom is 0.297 e. The third-order valence-electron chi connectivity index (χ3n) is 4.55. The highest BCUT2D eigenvalue weighted by Crippen LogP contribution is 2.26. The zero-order valence-corrected chi connectivity index (χ0v) is 15.1. The lowest BCUT2D eigenvalue weighted by atomic mass is 9.99. The van der Waals surface area contributed by atoms with Crippen molar-refractivity contribution in [1.29, 1.82) is 5.26 Å². The fraction of sp³-hybridized carbons (Fsp3) is 0.130. The van der Waals surface area contributed by atoms with Gasteiger partial charge in [-0.1, -0.05) is 54.6 Å². The summed E-state index contributed by atoms with van der Waals surface area (Å²) in [6, 6.07) is 26.9. The van der Waals surface area contributed by atoms with Crippen molar-refractivity contribution >= 4 is 11.0 Å². The molecule has 0 fully saturated rings. The highest BCUT2D eigenvalue weighted by molar-refractivity contribution is 5.77. The number of fused-ring (bicyclic) bond motifs is 1. The molecule has 27 heavy (non-hydrogen) atoms. The summed E-state index contributed by atoms with van der Waals surface area (Å²) < 4.78 is 7.83. The summed E-state index contributed by atoms with van der Waals surface area (Å²) in [4.78, 5) is 4.59. The quantitative estimate of drug-likeness (QED) is 0.506. The van der Waals surface area contributed by atoms with Gasteiger partial charge in [-0.05, 0) is 41.8 Å². The Morgan fingerprint density at radius 3 is 2.48 bits per heavy atom. The van der Waals surface area contributed by atoms with Crippen LogP contribution in [0.1, 0.15) is 18.1 Å². The molecule has 0 saturated carbocycles. The van der Waals surface area contributed by atoms with Crippen LogP contribution < -0.4 is 4.74 Å². The third-order valence-corrected chi connectivity index (χ3v) is 4.55. The molecule has 0 aliphatic heterocycles. The molecule has 4 rings (SSSR count). The van der Waals surface area contributed by atoms with Crippen LogP contribution in [0.5, 0.6) is 6.01 Å². The number of nitrogens with zero attached hydrogens (tertiary/aromatic N) is 3. The highest BCUT2D eigenvalue weighted by atomic mass is 16.5. The van der Waals surface area contributed by atoms with Crippen molar-refractivity contribution in [2.24, 2.45) is 0 Å². The van der Waals surface area contributed by atoms with Gasteiger partial charge in [0.15, 0.2) is 0 Å². The number of aromatic nitrogens is 2. The standard InChI is InChI=1S/C23H19N3O/c1-2-27-23-25-21-9-5-6-10-22(21)26(23)16-17-11-13-18(14-12-17)20-8-4-3-7-19(20)15-24/h3-14H,2,16H2,1H3. The maximum absolute atomic E-state index is 9.31. The predicted octanol–water partition coefficient (Wildman–Crippen LogP) is 5.02. The Bertz CT molecular complexity index is 1120. The Morgan fingerprint density at radius 1 is 0.963 bits per heavy atom. The summed E-state index contributed by atoms with van der Waals surface area (Å²) in [6.07, 6.45) is 0. The molecular weight excluding hydrogens is 334 g/mol. The van der Waals surface area contributed by atoms with Crippen molar-refractivity contribution in [2.75, 3.05) is 6.61 Å². The van der Waals surface area contributed by atoms with Gasteiger partial charge in [-0.15, -0.1) is 0 Å². The van der Waals surface area contributed by atoms with E-state index in [1.165, 1.54) is 0 Å². The second-order valence-corrected chi connectivity index (χ2v) is 6.26. The van der Waals surface area contributed by atoms with Crippen LogP contribution >= 0.6 is 0 Å². The average molecular weight is 353 g/mol. The lowest BCUT2D eigenvalue weighted by Crippen LogP contribution is -2.05. The van der Waals surface area contributed by atoms with E-state index in [1.807, 2.05) is 49.4 Å². The molecule has 0 amide bonds. The van der Waals surface area contributed by atoms with Gasteiger partial charge >= 0.3 is 0 Å². The highest BCUT2D eigenvalue weighted by Gasteiger charge is 2.12. The minimum atomic E-state index is 0.577. The molecule has 132 valence electrons. The lowest BCUT2D eigenvalue weighted by Gasteiger charge is -2.10. The number of ether oxygens (including phenoxy) is 1. The third kappa shape index (κ3) is 3.28.